The zero-order valence-electron chi connectivity index (χ0n) is 21.3. The van der Waals surface area contributed by atoms with E-state index in [-0.39, 0.29) is 26.0 Å². The molecule has 34 heavy (non-hydrogen) atoms. The Morgan fingerprint density at radius 2 is 1.56 bits per heavy atom. The van der Waals surface area contributed by atoms with Crippen LogP contribution in [-0.4, -0.2) is 50.8 Å². The summed E-state index contributed by atoms with van der Waals surface area (Å²) in [6.45, 7) is 13.5. The molecule has 2 aromatic rings. The Hall–Kier alpha value is -1.55. The van der Waals surface area contributed by atoms with Gasteiger partial charge in [0.25, 0.3) is 0 Å². The molecule has 0 spiro atoms. The van der Waals surface area contributed by atoms with Gasteiger partial charge in [-0.25, -0.2) is 0 Å². The monoisotopic (exact) mass is 610 g/mol. The van der Waals surface area contributed by atoms with E-state index in [2.05, 4.69) is 87.4 Å². The van der Waals surface area contributed by atoms with Crippen molar-refractivity contribution in [2.24, 2.45) is 0 Å². The summed E-state index contributed by atoms with van der Waals surface area (Å²) < 4.78 is 14.8. The Morgan fingerprint density at radius 3 is 2.12 bits per heavy atom. The zero-order chi connectivity index (χ0) is 25.0. The van der Waals surface area contributed by atoms with Crippen molar-refractivity contribution in [3.8, 4) is 0 Å². The topological polar surface area (TPSA) is 35.5 Å². The van der Waals surface area contributed by atoms with Gasteiger partial charge in [0.2, 0.25) is 0 Å². The van der Waals surface area contributed by atoms with Gasteiger partial charge in [0, 0.05) is 0 Å². The van der Waals surface area contributed by atoms with Gasteiger partial charge in [-0.2, -0.15) is 0 Å². The molecule has 2 aromatic carbocycles. The van der Waals surface area contributed by atoms with Gasteiger partial charge >= 0.3 is 221 Å². The number of ether oxygens (including phenoxy) is 1. The van der Waals surface area contributed by atoms with Crippen LogP contribution in [0.4, 0.5) is 0 Å². The number of carbonyl (C=O) groups is 1. The first-order chi connectivity index (χ1) is 16.1. The molecule has 0 aliphatic carbocycles. The summed E-state index contributed by atoms with van der Waals surface area (Å²) in [5.74, 6) is 0.678. The van der Waals surface area contributed by atoms with Crippen LogP contribution in [0.15, 0.2) is 83.0 Å². The van der Waals surface area contributed by atoms with Crippen LogP contribution in [0, 0.1) is 0 Å². The van der Waals surface area contributed by atoms with E-state index in [4.69, 9.17) is 9.16 Å². The second kappa shape index (κ2) is 14.1. The van der Waals surface area contributed by atoms with Crippen LogP contribution >= 0.6 is 0 Å². The predicted octanol–water partition coefficient (Wildman–Crippen LogP) is 5.60. The molecule has 6 heteroatoms. The van der Waals surface area contributed by atoms with Gasteiger partial charge in [-0.1, -0.05) is 0 Å². The van der Waals surface area contributed by atoms with E-state index in [0.29, 0.717) is 33.6 Å². The van der Waals surface area contributed by atoms with Gasteiger partial charge in [0.15, 0.2) is 0 Å². The molecule has 0 fully saturated rings. The quantitative estimate of drug-likeness (QED) is 0.104. The van der Waals surface area contributed by atoms with Crippen molar-refractivity contribution in [3.05, 3.63) is 83.0 Å². The van der Waals surface area contributed by atoms with Crippen LogP contribution in [0.2, 0.25) is 23.5 Å². The maximum atomic E-state index is 12.8. The summed E-state index contributed by atoms with van der Waals surface area (Å²) in [5, 5.41) is 1.19. The Balaban J connectivity index is 2.22. The average molecular weight is 609 g/mol. The Bertz CT molecular complexity index is 949. The molecule has 0 aliphatic heterocycles. The van der Waals surface area contributed by atoms with E-state index in [1.807, 2.05) is 25.1 Å². The Morgan fingerprint density at radius 1 is 0.971 bits per heavy atom. The van der Waals surface area contributed by atoms with Crippen molar-refractivity contribution in [2.45, 2.75) is 64.0 Å². The summed E-state index contributed by atoms with van der Waals surface area (Å²) in [4.78, 5) is 14.9. The number of benzene rings is 2. The average Bonchev–Trinajstić information content (AvgIpc) is 2.79. The molecular weight excluding hydrogens is 570 g/mol. The number of rotatable bonds is 12. The number of allylic oxidation sites excluding steroid dienone is 2. The molecule has 0 unspecified atom stereocenters. The Labute approximate surface area is 219 Å². The van der Waals surface area contributed by atoms with Gasteiger partial charge in [-0.15, -0.1) is 0 Å². The van der Waals surface area contributed by atoms with Gasteiger partial charge < -0.3 is 0 Å². The van der Waals surface area contributed by atoms with Gasteiger partial charge in [-0.05, 0) is 0 Å². The van der Waals surface area contributed by atoms with E-state index in [9.17, 15) is 4.79 Å². The molecule has 0 saturated heterocycles. The van der Waals surface area contributed by atoms with Crippen molar-refractivity contribution >= 4 is 53.1 Å². The summed E-state index contributed by atoms with van der Waals surface area (Å²) in [5.41, 5.74) is 0.698. The molecule has 0 N–H and O–H groups in total. The van der Waals surface area contributed by atoms with E-state index < -0.39 is 8.32 Å². The van der Waals surface area contributed by atoms with Crippen molar-refractivity contribution < 1.29 is 14.0 Å². The van der Waals surface area contributed by atoms with E-state index in [1.165, 1.54) is 8.92 Å². The SMILES string of the molecule is CCOC(=O)/C(=C\[Se]c1ccccc1)C/C(=C/CC[Se]c1ccccc1)O[Si](C)(C)C(C)(C)C. The first-order valence-electron chi connectivity index (χ1n) is 11.8. The summed E-state index contributed by atoms with van der Waals surface area (Å²) >= 11 is 0.484. The van der Waals surface area contributed by atoms with Crippen LogP contribution in [0.3, 0.4) is 0 Å². The van der Waals surface area contributed by atoms with Crippen LogP contribution < -0.4 is 8.92 Å². The summed E-state index contributed by atoms with van der Waals surface area (Å²) in [6, 6.07) is 21.0. The standard InChI is InChI=1S/C28H38O3Se2Si/c1-7-30-27(29)23(22-33-26-18-12-9-13-19-26)21-24(31-34(5,6)28(2,3)4)15-14-20-32-25-16-10-8-11-17-25/h8-13,15-19,22H,7,14,20-21H2,1-6H3/b23-22-,24-15-. The molecule has 184 valence electrons. The number of carbonyl (C=O) groups excluding carboxylic acids is 1. The molecule has 0 aromatic heterocycles. The minimum absolute atomic E-state index is 0.0574. The zero-order valence-corrected chi connectivity index (χ0v) is 25.7. The molecule has 0 heterocycles. The molecule has 0 saturated carbocycles. The number of hydrogen-bond acceptors (Lipinski definition) is 3. The second-order valence-electron chi connectivity index (χ2n) is 9.45. The van der Waals surface area contributed by atoms with Crippen LogP contribution in [0.5, 0.6) is 0 Å². The van der Waals surface area contributed by atoms with Crippen molar-refractivity contribution in [1.29, 1.82) is 0 Å². The van der Waals surface area contributed by atoms with Crippen molar-refractivity contribution in [3.63, 3.8) is 0 Å². The molecule has 0 aliphatic rings. The number of hydrogen-bond donors (Lipinski definition) is 0. The first-order valence-corrected chi connectivity index (χ1v) is 18.6. The number of esters is 1. The normalized spacial score (nSPS) is 13.0. The fourth-order valence-corrected chi connectivity index (χ4v) is 7.22. The molecule has 0 amide bonds. The van der Waals surface area contributed by atoms with Crippen LogP contribution in [0.25, 0.3) is 0 Å². The van der Waals surface area contributed by atoms with E-state index in [1.54, 1.807) is 0 Å². The predicted molar refractivity (Wildman–Crippen MR) is 149 cm³/mol. The van der Waals surface area contributed by atoms with Crippen molar-refractivity contribution in [1.82, 2.24) is 0 Å². The van der Waals surface area contributed by atoms with E-state index in [0.717, 1.165) is 17.5 Å². The summed E-state index contributed by atoms with van der Waals surface area (Å²) in [7, 11) is -2.04. The van der Waals surface area contributed by atoms with Crippen LogP contribution in [0.1, 0.15) is 40.5 Å². The third-order valence-corrected chi connectivity index (χ3v) is 14.2. The second-order valence-corrected chi connectivity index (χ2v) is 18.6. The molecule has 0 radical (unpaired) electrons. The third-order valence-electron chi connectivity index (χ3n) is 5.68. The minimum atomic E-state index is -2.04. The molecule has 3 nitrogen and oxygen atoms in total. The molecule has 0 atom stereocenters. The van der Waals surface area contributed by atoms with Gasteiger partial charge in [0.1, 0.15) is 0 Å². The van der Waals surface area contributed by atoms with Crippen LogP contribution in [-0.2, 0) is 14.0 Å². The van der Waals surface area contributed by atoms with Gasteiger partial charge in [-0.3, -0.25) is 0 Å². The third kappa shape index (κ3) is 9.97. The molecule has 2 rings (SSSR count). The van der Waals surface area contributed by atoms with Crippen molar-refractivity contribution in [2.75, 3.05) is 6.61 Å². The fraction of sp³-hybridized carbons (Fsp3) is 0.393. The first kappa shape index (κ1) is 28.7. The van der Waals surface area contributed by atoms with Gasteiger partial charge in [0.05, 0.1) is 0 Å². The Kier molecular flexibility index (Phi) is 11.9. The molecular formula is C28H38O3Se2Si. The molecule has 0 bridgehead atoms. The maximum absolute atomic E-state index is 12.8. The summed E-state index contributed by atoms with van der Waals surface area (Å²) in [6.07, 6.45) is 3.64. The van der Waals surface area contributed by atoms with E-state index >= 15 is 0 Å². The fourth-order valence-electron chi connectivity index (χ4n) is 2.76.